The molecule has 0 unspecified atom stereocenters. The van der Waals surface area contributed by atoms with Gasteiger partial charge in [0.15, 0.2) is 0 Å². The van der Waals surface area contributed by atoms with Gasteiger partial charge in [-0.1, -0.05) is 67.9 Å². The molecule has 0 saturated carbocycles. The Labute approximate surface area is 188 Å². The highest BCUT2D eigenvalue weighted by Crippen LogP contribution is 2.34. The van der Waals surface area contributed by atoms with Crippen LogP contribution in [0, 0.1) is 0 Å². The SMILES string of the molecule is CCc1cccc(CC)c1-c1cc(OC)c(COc2ccc(Cl)c3ccccc23)cn1. The molecule has 0 bridgehead atoms. The molecule has 0 N–H and O–H groups in total. The van der Waals surface area contributed by atoms with Gasteiger partial charge in [-0.15, -0.1) is 0 Å². The van der Waals surface area contributed by atoms with Crippen molar-refractivity contribution in [2.24, 2.45) is 0 Å². The van der Waals surface area contributed by atoms with E-state index < -0.39 is 0 Å². The third kappa shape index (κ3) is 4.24. The van der Waals surface area contributed by atoms with Gasteiger partial charge in [0, 0.05) is 39.2 Å². The molecular formula is C27H26ClNO2. The minimum Gasteiger partial charge on any atom is -0.496 e. The van der Waals surface area contributed by atoms with E-state index in [2.05, 4.69) is 32.0 Å². The lowest BCUT2D eigenvalue weighted by atomic mass is 9.94. The zero-order valence-electron chi connectivity index (χ0n) is 18.1. The quantitative estimate of drug-likeness (QED) is 0.308. The van der Waals surface area contributed by atoms with Crippen molar-refractivity contribution in [1.82, 2.24) is 4.98 Å². The van der Waals surface area contributed by atoms with Crippen molar-refractivity contribution >= 4 is 22.4 Å². The Kier molecular flexibility index (Phi) is 6.43. The molecule has 0 aliphatic rings. The van der Waals surface area contributed by atoms with Crippen LogP contribution in [-0.4, -0.2) is 12.1 Å². The zero-order chi connectivity index (χ0) is 21.8. The summed E-state index contributed by atoms with van der Waals surface area (Å²) in [6.07, 6.45) is 3.78. The molecule has 0 amide bonds. The minimum absolute atomic E-state index is 0.359. The van der Waals surface area contributed by atoms with Crippen molar-refractivity contribution in [2.75, 3.05) is 7.11 Å². The van der Waals surface area contributed by atoms with E-state index in [4.69, 9.17) is 26.1 Å². The molecule has 3 aromatic carbocycles. The average molecular weight is 432 g/mol. The Bertz CT molecular complexity index is 1200. The maximum Gasteiger partial charge on any atom is 0.129 e. The summed E-state index contributed by atoms with van der Waals surface area (Å²) >= 11 is 6.33. The van der Waals surface area contributed by atoms with Gasteiger partial charge in [0.1, 0.15) is 18.1 Å². The van der Waals surface area contributed by atoms with E-state index in [0.717, 1.165) is 46.4 Å². The summed E-state index contributed by atoms with van der Waals surface area (Å²) in [6, 6.07) is 20.2. The average Bonchev–Trinajstić information content (AvgIpc) is 2.83. The van der Waals surface area contributed by atoms with Crippen LogP contribution in [0.5, 0.6) is 11.5 Å². The molecule has 158 valence electrons. The van der Waals surface area contributed by atoms with Crippen LogP contribution in [-0.2, 0) is 19.4 Å². The number of halogens is 1. The van der Waals surface area contributed by atoms with Gasteiger partial charge in [-0.2, -0.15) is 0 Å². The molecule has 0 radical (unpaired) electrons. The lowest BCUT2D eigenvalue weighted by Crippen LogP contribution is -2.02. The smallest absolute Gasteiger partial charge is 0.129 e. The first-order chi connectivity index (χ1) is 15.2. The van der Waals surface area contributed by atoms with Gasteiger partial charge in [0.2, 0.25) is 0 Å². The summed E-state index contributed by atoms with van der Waals surface area (Å²) in [6.45, 7) is 4.71. The van der Waals surface area contributed by atoms with Crippen molar-refractivity contribution in [3.05, 3.63) is 88.6 Å². The molecule has 3 nitrogen and oxygen atoms in total. The first kappa shape index (κ1) is 21.2. The predicted octanol–water partition coefficient (Wildman–Crippen LogP) is 7.27. The van der Waals surface area contributed by atoms with Gasteiger partial charge < -0.3 is 9.47 Å². The number of pyridine rings is 1. The Morgan fingerprint density at radius 2 is 1.52 bits per heavy atom. The molecule has 4 rings (SSSR count). The zero-order valence-corrected chi connectivity index (χ0v) is 18.9. The maximum absolute atomic E-state index is 6.33. The summed E-state index contributed by atoms with van der Waals surface area (Å²) in [5.41, 5.74) is 5.64. The molecule has 1 heterocycles. The van der Waals surface area contributed by atoms with Gasteiger partial charge >= 0.3 is 0 Å². The molecular weight excluding hydrogens is 406 g/mol. The van der Waals surface area contributed by atoms with Crippen LogP contribution in [0.25, 0.3) is 22.0 Å². The Morgan fingerprint density at radius 1 is 0.806 bits per heavy atom. The monoisotopic (exact) mass is 431 g/mol. The lowest BCUT2D eigenvalue weighted by molar-refractivity contribution is 0.299. The minimum atomic E-state index is 0.359. The van der Waals surface area contributed by atoms with Gasteiger partial charge in [0.25, 0.3) is 0 Å². The van der Waals surface area contributed by atoms with Crippen LogP contribution in [0.4, 0.5) is 0 Å². The number of ether oxygens (including phenoxy) is 2. The molecule has 0 aliphatic carbocycles. The number of aryl methyl sites for hydroxylation is 2. The Morgan fingerprint density at radius 3 is 2.19 bits per heavy atom. The lowest BCUT2D eigenvalue weighted by Gasteiger charge is -2.16. The van der Waals surface area contributed by atoms with Crippen molar-refractivity contribution in [2.45, 2.75) is 33.3 Å². The summed E-state index contributed by atoms with van der Waals surface area (Å²) < 4.78 is 11.9. The maximum atomic E-state index is 6.33. The highest BCUT2D eigenvalue weighted by molar-refractivity contribution is 6.35. The highest BCUT2D eigenvalue weighted by atomic mass is 35.5. The second-order valence-electron chi connectivity index (χ2n) is 7.42. The van der Waals surface area contributed by atoms with Crippen LogP contribution in [0.2, 0.25) is 5.02 Å². The van der Waals surface area contributed by atoms with Gasteiger partial charge in [0.05, 0.1) is 12.8 Å². The number of methoxy groups -OCH3 is 1. The standard InChI is InChI=1S/C27H26ClNO2/c1-4-18-9-8-10-19(5-2)27(18)24-15-26(30-3)20(16-29-24)17-31-25-14-13-23(28)21-11-6-7-12-22(21)25/h6-16H,4-5,17H2,1-3H3. The van der Waals surface area contributed by atoms with Crippen molar-refractivity contribution in [1.29, 1.82) is 0 Å². The van der Waals surface area contributed by atoms with Crippen LogP contribution in [0.3, 0.4) is 0 Å². The molecule has 0 aliphatic heterocycles. The third-order valence-electron chi connectivity index (χ3n) is 5.63. The van der Waals surface area contributed by atoms with E-state index in [-0.39, 0.29) is 0 Å². The number of fused-ring (bicyclic) bond motifs is 1. The fourth-order valence-electron chi connectivity index (χ4n) is 3.99. The summed E-state index contributed by atoms with van der Waals surface area (Å²) in [5, 5.41) is 2.68. The van der Waals surface area contributed by atoms with Crippen molar-refractivity contribution in [3.63, 3.8) is 0 Å². The topological polar surface area (TPSA) is 31.4 Å². The number of aromatic nitrogens is 1. The number of benzene rings is 3. The van der Waals surface area contributed by atoms with E-state index >= 15 is 0 Å². The molecule has 4 aromatic rings. The van der Waals surface area contributed by atoms with Gasteiger partial charge in [-0.25, -0.2) is 0 Å². The number of rotatable bonds is 7. The normalized spacial score (nSPS) is 11.0. The third-order valence-corrected chi connectivity index (χ3v) is 5.96. The van der Waals surface area contributed by atoms with Crippen molar-refractivity contribution in [3.8, 4) is 22.8 Å². The number of hydrogen-bond acceptors (Lipinski definition) is 3. The highest BCUT2D eigenvalue weighted by Gasteiger charge is 2.14. The molecule has 31 heavy (non-hydrogen) atoms. The molecule has 0 fully saturated rings. The first-order valence-corrected chi connectivity index (χ1v) is 11.0. The second kappa shape index (κ2) is 9.40. The fraction of sp³-hybridized carbons (Fsp3) is 0.222. The van der Waals surface area contributed by atoms with E-state index in [1.165, 1.54) is 16.7 Å². The number of nitrogens with zero attached hydrogens (tertiary/aromatic N) is 1. The Hall–Kier alpha value is -3.04. The van der Waals surface area contributed by atoms with Gasteiger partial charge in [-0.3, -0.25) is 4.98 Å². The van der Waals surface area contributed by atoms with Crippen LogP contribution in [0.1, 0.15) is 30.5 Å². The molecule has 4 heteroatoms. The van der Waals surface area contributed by atoms with E-state index in [1.807, 2.05) is 48.7 Å². The van der Waals surface area contributed by atoms with Crippen molar-refractivity contribution < 1.29 is 9.47 Å². The summed E-state index contributed by atoms with van der Waals surface area (Å²) in [5.74, 6) is 1.56. The van der Waals surface area contributed by atoms with Crippen LogP contribution >= 0.6 is 11.6 Å². The van der Waals surface area contributed by atoms with Crippen LogP contribution < -0.4 is 9.47 Å². The van der Waals surface area contributed by atoms with Crippen LogP contribution in [0.15, 0.2) is 66.9 Å². The molecule has 0 atom stereocenters. The molecule has 0 spiro atoms. The number of hydrogen-bond donors (Lipinski definition) is 0. The first-order valence-electron chi connectivity index (χ1n) is 10.6. The summed E-state index contributed by atoms with van der Waals surface area (Å²) in [4.78, 5) is 4.78. The van der Waals surface area contributed by atoms with E-state index in [1.54, 1.807) is 7.11 Å². The van der Waals surface area contributed by atoms with E-state index in [9.17, 15) is 0 Å². The second-order valence-corrected chi connectivity index (χ2v) is 7.83. The molecule has 1 aromatic heterocycles. The van der Waals surface area contributed by atoms with E-state index in [0.29, 0.717) is 11.6 Å². The largest absolute Gasteiger partial charge is 0.496 e. The Balaban J connectivity index is 1.66. The fourth-order valence-corrected chi connectivity index (χ4v) is 4.22. The summed E-state index contributed by atoms with van der Waals surface area (Å²) in [7, 11) is 1.69. The molecule has 0 saturated heterocycles. The van der Waals surface area contributed by atoms with Gasteiger partial charge in [-0.05, 0) is 36.1 Å². The predicted molar refractivity (Wildman–Crippen MR) is 128 cm³/mol.